The molecule has 0 fully saturated rings. The standard InChI is InChI=1S/C14H14AsNO5/c1-9(17)16-13-11(10-5-3-2-4-6-10)7-8-12(14(13)18)15(19,20)21/h2-8,18H,1H3,(H,16,17)(H2,19,20,21). The van der Waals surface area contributed by atoms with Crippen LogP contribution in [0.5, 0.6) is 5.75 Å². The third-order valence-corrected chi connectivity index (χ3v) is 4.93. The van der Waals surface area contributed by atoms with Crippen LogP contribution in [0.4, 0.5) is 5.69 Å². The second kappa shape index (κ2) is 5.77. The number of hydrogen-bond donors (Lipinski definition) is 4. The van der Waals surface area contributed by atoms with E-state index in [4.69, 9.17) is 0 Å². The summed E-state index contributed by atoms with van der Waals surface area (Å²) in [7, 11) is 0. The summed E-state index contributed by atoms with van der Waals surface area (Å²) in [6.07, 6.45) is 0. The van der Waals surface area contributed by atoms with Gasteiger partial charge in [-0.05, 0) is 0 Å². The van der Waals surface area contributed by atoms with Crippen LogP contribution in [-0.2, 0) is 8.53 Å². The van der Waals surface area contributed by atoms with E-state index in [1.165, 1.54) is 19.1 Å². The first-order valence-electron chi connectivity index (χ1n) is 6.06. The van der Waals surface area contributed by atoms with Gasteiger partial charge in [-0.15, -0.1) is 0 Å². The molecule has 0 atom stereocenters. The molecule has 0 aliphatic carbocycles. The van der Waals surface area contributed by atoms with E-state index < -0.39 is 30.2 Å². The van der Waals surface area contributed by atoms with Crippen LogP contribution in [0.1, 0.15) is 6.92 Å². The Morgan fingerprint density at radius 2 is 1.71 bits per heavy atom. The van der Waals surface area contributed by atoms with Gasteiger partial charge in [-0.2, -0.15) is 0 Å². The Hall–Kier alpha value is -2.01. The summed E-state index contributed by atoms with van der Waals surface area (Å²) < 4.78 is 29.5. The monoisotopic (exact) mass is 351 g/mol. The molecule has 4 N–H and O–H groups in total. The average molecular weight is 351 g/mol. The first kappa shape index (κ1) is 15.4. The molecule has 0 bridgehead atoms. The molecule has 0 radical (unpaired) electrons. The Labute approximate surface area is 124 Å². The van der Waals surface area contributed by atoms with E-state index in [1.807, 2.05) is 6.07 Å². The Kier molecular flexibility index (Phi) is 4.23. The molecule has 0 unspecified atom stereocenters. The maximum atomic E-state index is 11.4. The van der Waals surface area contributed by atoms with E-state index in [-0.39, 0.29) is 5.69 Å². The summed E-state index contributed by atoms with van der Waals surface area (Å²) in [6.45, 7) is 1.25. The second-order valence-electron chi connectivity index (χ2n) is 4.45. The van der Waals surface area contributed by atoms with Crippen molar-refractivity contribution in [2.24, 2.45) is 0 Å². The molecule has 110 valence electrons. The first-order valence-corrected chi connectivity index (χ1v) is 9.44. The Bertz CT molecular complexity index is 724. The molecule has 0 aromatic heterocycles. The van der Waals surface area contributed by atoms with Crippen LogP contribution in [0.15, 0.2) is 42.5 Å². The molecule has 2 aromatic carbocycles. The number of aromatic hydroxyl groups is 1. The van der Waals surface area contributed by atoms with Gasteiger partial charge in [0, 0.05) is 0 Å². The van der Waals surface area contributed by atoms with Gasteiger partial charge in [0.05, 0.1) is 0 Å². The van der Waals surface area contributed by atoms with Crippen LogP contribution in [0, 0.1) is 0 Å². The molecule has 0 spiro atoms. The van der Waals surface area contributed by atoms with Crippen LogP contribution in [0.2, 0.25) is 0 Å². The molecule has 0 aliphatic heterocycles. The molecule has 21 heavy (non-hydrogen) atoms. The van der Waals surface area contributed by atoms with Crippen molar-refractivity contribution in [2.75, 3.05) is 5.32 Å². The Morgan fingerprint density at radius 1 is 1.10 bits per heavy atom. The van der Waals surface area contributed by atoms with Crippen molar-refractivity contribution in [2.45, 2.75) is 6.92 Å². The quantitative estimate of drug-likeness (QED) is 0.478. The maximum absolute atomic E-state index is 11.4. The Morgan fingerprint density at radius 3 is 2.24 bits per heavy atom. The predicted molar refractivity (Wildman–Crippen MR) is 78.4 cm³/mol. The van der Waals surface area contributed by atoms with Crippen molar-refractivity contribution in [3.05, 3.63) is 42.5 Å². The zero-order chi connectivity index (χ0) is 15.6. The van der Waals surface area contributed by atoms with Gasteiger partial charge in [0.2, 0.25) is 0 Å². The number of carbonyl (C=O) groups excluding carboxylic acids is 1. The zero-order valence-corrected chi connectivity index (χ0v) is 13.0. The van der Waals surface area contributed by atoms with Gasteiger partial charge in [-0.25, -0.2) is 0 Å². The molecular formula is C14H14AsNO5. The molecule has 0 aliphatic rings. The third-order valence-electron chi connectivity index (χ3n) is 2.86. The van der Waals surface area contributed by atoms with E-state index in [9.17, 15) is 21.8 Å². The van der Waals surface area contributed by atoms with E-state index in [2.05, 4.69) is 5.32 Å². The van der Waals surface area contributed by atoms with Crippen molar-refractivity contribution < 1.29 is 21.8 Å². The van der Waals surface area contributed by atoms with Crippen LogP contribution < -0.4 is 9.67 Å². The second-order valence-corrected chi connectivity index (χ2v) is 7.74. The third kappa shape index (κ3) is 3.36. The number of anilines is 1. The molecule has 0 heterocycles. The SMILES string of the molecule is CC(=O)Nc1c(-c2ccccc2)ccc([As](=O)(O)O)c1O. The van der Waals surface area contributed by atoms with Gasteiger partial charge < -0.3 is 0 Å². The Balaban J connectivity index is 2.69. The first-order chi connectivity index (χ1) is 9.80. The zero-order valence-electron chi connectivity index (χ0n) is 11.1. The number of hydrogen-bond acceptors (Lipinski definition) is 3. The van der Waals surface area contributed by atoms with Gasteiger partial charge in [0.15, 0.2) is 0 Å². The van der Waals surface area contributed by atoms with E-state index in [1.54, 1.807) is 24.3 Å². The van der Waals surface area contributed by atoms with Crippen molar-refractivity contribution in [3.63, 3.8) is 0 Å². The number of benzene rings is 2. The average Bonchev–Trinajstić information content (AvgIpc) is 2.40. The number of nitrogens with one attached hydrogen (secondary N) is 1. The predicted octanol–water partition coefficient (Wildman–Crippen LogP) is 0.579. The van der Waals surface area contributed by atoms with Crippen LogP contribution in [0.25, 0.3) is 11.1 Å². The summed E-state index contributed by atoms with van der Waals surface area (Å²) in [4.78, 5) is 11.3. The van der Waals surface area contributed by atoms with Crippen molar-refractivity contribution in [1.29, 1.82) is 0 Å². The number of amides is 1. The van der Waals surface area contributed by atoms with Crippen LogP contribution in [0.3, 0.4) is 0 Å². The molecule has 0 saturated carbocycles. The topological polar surface area (TPSA) is 107 Å². The summed E-state index contributed by atoms with van der Waals surface area (Å²) >= 11 is -5.29. The van der Waals surface area contributed by atoms with Crippen LogP contribution in [-0.4, -0.2) is 33.4 Å². The number of carbonyl (C=O) groups is 1. The van der Waals surface area contributed by atoms with Crippen molar-refractivity contribution >= 4 is 30.1 Å². The molecule has 0 saturated heterocycles. The summed E-state index contributed by atoms with van der Waals surface area (Å²) in [5, 5.41) is 12.6. The van der Waals surface area contributed by atoms with Gasteiger partial charge in [0.1, 0.15) is 0 Å². The fourth-order valence-corrected chi connectivity index (χ4v) is 3.35. The summed E-state index contributed by atoms with van der Waals surface area (Å²) in [5.74, 6) is -1.04. The van der Waals surface area contributed by atoms with E-state index >= 15 is 0 Å². The minimum atomic E-state index is -5.29. The fourth-order valence-electron chi connectivity index (χ4n) is 1.98. The van der Waals surface area contributed by atoms with Crippen molar-refractivity contribution in [3.8, 4) is 16.9 Å². The van der Waals surface area contributed by atoms with Crippen molar-refractivity contribution in [1.82, 2.24) is 0 Å². The van der Waals surface area contributed by atoms with E-state index in [0.29, 0.717) is 11.1 Å². The molecule has 2 rings (SSSR count). The normalized spacial score (nSPS) is 11.2. The van der Waals surface area contributed by atoms with E-state index in [0.717, 1.165) is 0 Å². The molecule has 1 amide bonds. The molecule has 6 nitrogen and oxygen atoms in total. The van der Waals surface area contributed by atoms with Gasteiger partial charge in [-0.1, -0.05) is 0 Å². The number of phenols is 1. The number of rotatable bonds is 3. The summed E-state index contributed by atoms with van der Waals surface area (Å²) in [6, 6.07) is 11.6. The van der Waals surface area contributed by atoms with Gasteiger partial charge in [-0.3, -0.25) is 0 Å². The van der Waals surface area contributed by atoms with Gasteiger partial charge >= 0.3 is 124 Å². The molecular weight excluding hydrogens is 337 g/mol. The molecule has 2 aromatic rings. The molecule has 7 heteroatoms. The minimum absolute atomic E-state index is 0.00377. The fraction of sp³-hybridized carbons (Fsp3) is 0.0714. The number of phenolic OH excluding ortho intramolecular Hbond substituents is 1. The summed E-state index contributed by atoms with van der Waals surface area (Å²) in [5.41, 5.74) is 1.19. The van der Waals surface area contributed by atoms with Crippen LogP contribution >= 0.6 is 0 Å². The van der Waals surface area contributed by atoms with Gasteiger partial charge in [0.25, 0.3) is 0 Å².